The lowest BCUT2D eigenvalue weighted by molar-refractivity contribution is -0.118. The summed E-state index contributed by atoms with van der Waals surface area (Å²) in [7, 11) is -2.19. The molecule has 2 aromatic rings. The maximum Gasteiger partial charge on any atom is 0.255 e. The molecule has 8 heteroatoms. The fourth-order valence-corrected chi connectivity index (χ4v) is 3.97. The van der Waals surface area contributed by atoms with Gasteiger partial charge in [0.15, 0.2) is 0 Å². The van der Waals surface area contributed by atoms with Gasteiger partial charge in [0.1, 0.15) is 0 Å². The Morgan fingerprint density at radius 3 is 2.23 bits per heavy atom. The van der Waals surface area contributed by atoms with Crippen molar-refractivity contribution < 1.29 is 18.0 Å². The lowest BCUT2D eigenvalue weighted by Gasteiger charge is -2.21. The number of hydrogen-bond acceptors (Lipinski definition) is 4. The molecule has 2 N–H and O–H groups in total. The molecule has 0 fully saturated rings. The number of amides is 2. The van der Waals surface area contributed by atoms with Gasteiger partial charge in [0.2, 0.25) is 15.9 Å². The molecule has 0 bridgehead atoms. The Balaban J connectivity index is 2.28. The summed E-state index contributed by atoms with van der Waals surface area (Å²) in [5.74, 6) is -0.726. The van der Waals surface area contributed by atoms with Gasteiger partial charge in [0, 0.05) is 35.9 Å². The van der Waals surface area contributed by atoms with E-state index >= 15 is 0 Å². The first kappa shape index (κ1) is 23.6. The van der Waals surface area contributed by atoms with Crippen LogP contribution < -0.4 is 10.6 Å². The summed E-state index contributed by atoms with van der Waals surface area (Å²) in [6.45, 7) is 8.99. The molecule has 2 aromatic carbocycles. The van der Waals surface area contributed by atoms with Crippen LogP contribution in [0.4, 0.5) is 11.4 Å². The van der Waals surface area contributed by atoms with Gasteiger partial charge in [-0.1, -0.05) is 26.0 Å². The fraction of sp³-hybridized carbons (Fsp3) is 0.364. The van der Waals surface area contributed by atoms with Gasteiger partial charge in [-0.15, -0.1) is 0 Å². The quantitative estimate of drug-likeness (QED) is 0.696. The lowest BCUT2D eigenvalue weighted by atomic mass is 10.1. The Hall–Kier alpha value is -2.71. The molecule has 30 heavy (non-hydrogen) atoms. The lowest BCUT2D eigenvalue weighted by Crippen LogP contribution is -2.33. The van der Waals surface area contributed by atoms with E-state index in [4.69, 9.17) is 0 Å². The topological polar surface area (TPSA) is 95.6 Å². The number of sulfonamides is 1. The van der Waals surface area contributed by atoms with Crippen molar-refractivity contribution in [2.75, 3.05) is 17.7 Å². The molecule has 0 atom stereocenters. The molecule has 0 aliphatic rings. The molecule has 0 saturated heterocycles. The van der Waals surface area contributed by atoms with Gasteiger partial charge in [-0.2, -0.15) is 4.31 Å². The van der Waals surface area contributed by atoms with Crippen LogP contribution in [-0.2, 0) is 14.8 Å². The number of nitrogens with one attached hydrogen (secondary N) is 2. The van der Waals surface area contributed by atoms with Crippen LogP contribution in [0.3, 0.4) is 0 Å². The largest absolute Gasteiger partial charge is 0.326 e. The zero-order chi connectivity index (χ0) is 22.6. The third kappa shape index (κ3) is 5.46. The van der Waals surface area contributed by atoms with Crippen molar-refractivity contribution in [1.29, 1.82) is 0 Å². The average molecular weight is 432 g/mol. The van der Waals surface area contributed by atoms with E-state index in [0.29, 0.717) is 11.4 Å². The van der Waals surface area contributed by atoms with E-state index < -0.39 is 15.9 Å². The van der Waals surface area contributed by atoms with Crippen molar-refractivity contribution in [3.8, 4) is 0 Å². The minimum Gasteiger partial charge on any atom is -0.326 e. The third-order valence-corrected chi connectivity index (χ3v) is 6.81. The van der Waals surface area contributed by atoms with Crippen LogP contribution in [0.2, 0.25) is 0 Å². The summed E-state index contributed by atoms with van der Waals surface area (Å²) in [4.78, 5) is 24.8. The Morgan fingerprint density at radius 1 is 0.967 bits per heavy atom. The molecule has 2 rings (SSSR count). The highest BCUT2D eigenvalue weighted by Crippen LogP contribution is 2.23. The Labute approximate surface area is 178 Å². The molecule has 0 aliphatic heterocycles. The number of rotatable bonds is 7. The SMILES string of the molecule is Cc1ccc(NC(=O)C(C)C)cc1NC(=O)c1cccc(S(=O)(=O)N(C)C(C)C)c1. The van der Waals surface area contributed by atoms with E-state index in [1.165, 1.54) is 23.5 Å². The van der Waals surface area contributed by atoms with E-state index in [1.807, 2.05) is 6.92 Å². The van der Waals surface area contributed by atoms with E-state index in [-0.39, 0.29) is 28.3 Å². The van der Waals surface area contributed by atoms with Gasteiger partial charge in [-0.3, -0.25) is 9.59 Å². The molecule has 2 amide bonds. The first-order valence-corrected chi connectivity index (χ1v) is 11.2. The monoisotopic (exact) mass is 431 g/mol. The van der Waals surface area contributed by atoms with Gasteiger partial charge in [-0.05, 0) is 56.7 Å². The van der Waals surface area contributed by atoms with Crippen LogP contribution >= 0.6 is 0 Å². The van der Waals surface area contributed by atoms with Gasteiger partial charge >= 0.3 is 0 Å². The van der Waals surface area contributed by atoms with Gasteiger partial charge < -0.3 is 10.6 Å². The second kappa shape index (κ2) is 9.40. The Kier molecular flexibility index (Phi) is 7.39. The highest BCUT2D eigenvalue weighted by molar-refractivity contribution is 7.89. The van der Waals surface area contributed by atoms with Crippen molar-refractivity contribution in [3.63, 3.8) is 0 Å². The normalized spacial score (nSPS) is 11.8. The Bertz CT molecular complexity index is 1050. The summed E-state index contributed by atoms with van der Waals surface area (Å²) in [5.41, 5.74) is 2.15. The van der Waals surface area contributed by atoms with Crippen LogP contribution in [0, 0.1) is 12.8 Å². The van der Waals surface area contributed by atoms with Gasteiger partial charge in [-0.25, -0.2) is 8.42 Å². The zero-order valence-corrected chi connectivity index (χ0v) is 19.0. The summed E-state index contributed by atoms with van der Waals surface area (Å²) in [5, 5.41) is 5.60. The van der Waals surface area contributed by atoms with Crippen molar-refractivity contribution >= 4 is 33.2 Å². The Morgan fingerprint density at radius 2 is 1.63 bits per heavy atom. The van der Waals surface area contributed by atoms with E-state index in [1.54, 1.807) is 58.0 Å². The van der Waals surface area contributed by atoms with E-state index in [0.717, 1.165) is 5.56 Å². The van der Waals surface area contributed by atoms with Gasteiger partial charge in [0.25, 0.3) is 5.91 Å². The molecule has 0 aromatic heterocycles. The van der Waals surface area contributed by atoms with Gasteiger partial charge in [0.05, 0.1) is 4.90 Å². The van der Waals surface area contributed by atoms with Crippen LogP contribution in [0.15, 0.2) is 47.4 Å². The molecule has 0 saturated carbocycles. The summed E-state index contributed by atoms with van der Waals surface area (Å²) in [6.07, 6.45) is 0. The van der Waals surface area contributed by atoms with Crippen LogP contribution in [0.1, 0.15) is 43.6 Å². The molecule has 0 spiro atoms. The molecular formula is C22H29N3O4S. The molecule has 162 valence electrons. The highest BCUT2D eigenvalue weighted by atomic mass is 32.2. The number of carbonyl (C=O) groups is 2. The minimum absolute atomic E-state index is 0.0565. The first-order chi connectivity index (χ1) is 13.9. The first-order valence-electron chi connectivity index (χ1n) is 9.74. The second-order valence-electron chi connectivity index (χ2n) is 7.77. The second-order valence-corrected chi connectivity index (χ2v) is 9.77. The van der Waals surface area contributed by atoms with Crippen LogP contribution in [-0.4, -0.2) is 37.6 Å². The summed E-state index contributed by atoms with van der Waals surface area (Å²) in [6, 6.07) is 11.0. The zero-order valence-electron chi connectivity index (χ0n) is 18.2. The molecular weight excluding hydrogens is 402 g/mol. The predicted octanol–water partition coefficient (Wildman–Crippen LogP) is 3.87. The fourth-order valence-electron chi connectivity index (χ4n) is 2.56. The number of aryl methyl sites for hydroxylation is 1. The number of hydrogen-bond donors (Lipinski definition) is 2. The predicted molar refractivity (Wildman–Crippen MR) is 119 cm³/mol. The minimum atomic E-state index is -3.70. The van der Waals surface area contributed by atoms with Crippen molar-refractivity contribution in [1.82, 2.24) is 4.31 Å². The number of carbonyl (C=O) groups excluding carboxylic acids is 2. The average Bonchev–Trinajstić information content (AvgIpc) is 2.69. The maximum atomic E-state index is 12.8. The smallest absolute Gasteiger partial charge is 0.255 e. The third-order valence-electron chi connectivity index (χ3n) is 4.78. The molecule has 0 radical (unpaired) electrons. The van der Waals surface area contributed by atoms with Crippen molar-refractivity contribution in [2.45, 2.75) is 45.6 Å². The maximum absolute atomic E-state index is 12.8. The number of nitrogens with zero attached hydrogens (tertiary/aromatic N) is 1. The molecule has 0 unspecified atom stereocenters. The van der Waals surface area contributed by atoms with Crippen molar-refractivity contribution in [2.24, 2.45) is 5.92 Å². The number of benzene rings is 2. The molecule has 0 aliphatic carbocycles. The molecule has 0 heterocycles. The highest BCUT2D eigenvalue weighted by Gasteiger charge is 2.24. The van der Waals surface area contributed by atoms with Crippen LogP contribution in [0.25, 0.3) is 0 Å². The van der Waals surface area contributed by atoms with E-state index in [9.17, 15) is 18.0 Å². The number of anilines is 2. The van der Waals surface area contributed by atoms with Crippen LogP contribution in [0.5, 0.6) is 0 Å². The van der Waals surface area contributed by atoms with Crippen molar-refractivity contribution in [3.05, 3.63) is 53.6 Å². The van der Waals surface area contributed by atoms with E-state index in [2.05, 4.69) is 10.6 Å². The summed E-state index contributed by atoms with van der Waals surface area (Å²) >= 11 is 0. The molecule has 7 nitrogen and oxygen atoms in total. The standard InChI is InChI=1S/C22H29N3O4S/c1-14(2)21(26)23-18-11-10-16(5)20(13-18)24-22(27)17-8-7-9-19(12-17)30(28,29)25(6)15(3)4/h7-15H,1-6H3,(H,23,26)(H,24,27). The summed E-state index contributed by atoms with van der Waals surface area (Å²) < 4.78 is 26.7.